The number of carbonyl (C=O) groups is 2. The molecule has 6 heteroatoms. The molecule has 0 radical (unpaired) electrons. The zero-order chi connectivity index (χ0) is 20.5. The van der Waals surface area contributed by atoms with E-state index in [9.17, 15) is 9.59 Å². The van der Waals surface area contributed by atoms with Gasteiger partial charge in [-0.1, -0.05) is 48.5 Å². The van der Waals surface area contributed by atoms with Gasteiger partial charge in [0.05, 0.1) is 11.4 Å². The van der Waals surface area contributed by atoms with Gasteiger partial charge in [0.15, 0.2) is 6.61 Å². The van der Waals surface area contributed by atoms with E-state index in [0.717, 1.165) is 16.9 Å². The molecule has 2 amide bonds. The maximum Gasteiger partial charge on any atom is 0.341 e. The Kier molecular flexibility index (Phi) is 6.84. The highest BCUT2D eigenvalue weighted by atomic mass is 16.5. The van der Waals surface area contributed by atoms with Crippen molar-refractivity contribution in [2.45, 2.75) is 6.42 Å². The van der Waals surface area contributed by atoms with Crippen LogP contribution in [0.25, 0.3) is 0 Å². The lowest BCUT2D eigenvalue weighted by molar-refractivity contribution is -0.139. The Morgan fingerprint density at radius 2 is 1.38 bits per heavy atom. The highest BCUT2D eigenvalue weighted by Crippen LogP contribution is 2.24. The van der Waals surface area contributed by atoms with Gasteiger partial charge < -0.3 is 15.2 Å². The topological polar surface area (TPSA) is 78.9 Å². The lowest BCUT2D eigenvalue weighted by Crippen LogP contribution is -2.37. The van der Waals surface area contributed by atoms with Crippen LogP contribution in [0.2, 0.25) is 0 Å². The largest absolute Gasteiger partial charge is 0.482 e. The van der Waals surface area contributed by atoms with Crippen LogP contribution in [0.3, 0.4) is 0 Å². The first-order valence-electron chi connectivity index (χ1n) is 9.25. The molecule has 0 aliphatic rings. The number of carboxylic acid groups (broad SMARTS) is 1. The molecule has 0 atom stereocenters. The Morgan fingerprint density at radius 1 is 0.828 bits per heavy atom. The van der Waals surface area contributed by atoms with E-state index in [-0.39, 0.29) is 12.6 Å². The molecule has 0 aliphatic carbocycles. The molecule has 0 fully saturated rings. The molecular formula is C23H22N2O4. The van der Waals surface area contributed by atoms with Crippen molar-refractivity contribution in [3.8, 4) is 5.75 Å². The van der Waals surface area contributed by atoms with Crippen molar-refractivity contribution in [1.82, 2.24) is 5.32 Å². The first-order chi connectivity index (χ1) is 14.1. The number of para-hydroxylation sites is 2. The van der Waals surface area contributed by atoms with E-state index in [4.69, 9.17) is 9.84 Å². The third-order valence-corrected chi connectivity index (χ3v) is 4.21. The second kappa shape index (κ2) is 9.94. The average molecular weight is 390 g/mol. The summed E-state index contributed by atoms with van der Waals surface area (Å²) in [5, 5.41) is 11.6. The van der Waals surface area contributed by atoms with Crippen LogP contribution in [-0.4, -0.2) is 30.3 Å². The molecule has 3 aromatic carbocycles. The molecule has 3 aromatic rings. The van der Waals surface area contributed by atoms with E-state index < -0.39 is 5.97 Å². The Balaban J connectivity index is 1.60. The maximum atomic E-state index is 12.9. The summed E-state index contributed by atoms with van der Waals surface area (Å²) in [7, 11) is 0. The lowest BCUT2D eigenvalue weighted by Gasteiger charge is -2.23. The van der Waals surface area contributed by atoms with Gasteiger partial charge in [-0.15, -0.1) is 0 Å². The van der Waals surface area contributed by atoms with Gasteiger partial charge in [-0.2, -0.15) is 0 Å². The number of nitrogens with one attached hydrogen (secondary N) is 1. The van der Waals surface area contributed by atoms with E-state index in [1.165, 1.54) is 0 Å². The molecule has 29 heavy (non-hydrogen) atoms. The van der Waals surface area contributed by atoms with Crippen molar-refractivity contribution >= 4 is 23.4 Å². The molecule has 148 valence electrons. The number of hydrogen-bond acceptors (Lipinski definition) is 3. The molecule has 0 aliphatic heterocycles. The number of urea groups is 1. The van der Waals surface area contributed by atoms with Crippen LogP contribution >= 0.6 is 0 Å². The monoisotopic (exact) mass is 390 g/mol. The van der Waals surface area contributed by atoms with Crippen LogP contribution in [0.1, 0.15) is 5.56 Å². The fourth-order valence-electron chi connectivity index (χ4n) is 2.83. The van der Waals surface area contributed by atoms with Gasteiger partial charge >= 0.3 is 12.0 Å². The van der Waals surface area contributed by atoms with E-state index in [0.29, 0.717) is 18.7 Å². The van der Waals surface area contributed by atoms with E-state index in [1.807, 2.05) is 72.8 Å². The van der Waals surface area contributed by atoms with Crippen LogP contribution < -0.4 is 15.0 Å². The van der Waals surface area contributed by atoms with Crippen LogP contribution in [0.4, 0.5) is 16.2 Å². The number of amides is 2. The Bertz CT molecular complexity index is 889. The number of rotatable bonds is 8. The molecule has 0 unspecified atom stereocenters. The lowest BCUT2D eigenvalue weighted by atomic mass is 10.1. The van der Waals surface area contributed by atoms with E-state index >= 15 is 0 Å². The quantitative estimate of drug-likeness (QED) is 0.603. The summed E-state index contributed by atoms with van der Waals surface area (Å²) < 4.78 is 5.12. The first kappa shape index (κ1) is 19.9. The Labute approximate surface area is 169 Å². The summed E-state index contributed by atoms with van der Waals surface area (Å²) in [6.07, 6.45) is 0.641. The zero-order valence-corrected chi connectivity index (χ0v) is 15.8. The fourth-order valence-corrected chi connectivity index (χ4v) is 2.83. The minimum absolute atomic E-state index is 0.205. The summed E-state index contributed by atoms with van der Waals surface area (Å²) in [5.74, 6) is -0.516. The van der Waals surface area contributed by atoms with Crippen molar-refractivity contribution < 1.29 is 19.4 Å². The number of aliphatic carboxylic acids is 1. The van der Waals surface area contributed by atoms with Gasteiger partial charge in [0.2, 0.25) is 0 Å². The standard InChI is InChI=1S/C23H22N2O4/c26-22(27)17-29-21-13-11-18(12-14-21)15-16-24-23(28)25(19-7-3-1-4-8-19)20-9-5-2-6-10-20/h1-14H,15-17H2,(H,24,28)(H,26,27). The molecule has 0 saturated carbocycles. The SMILES string of the molecule is O=C(O)COc1ccc(CCNC(=O)N(c2ccccc2)c2ccccc2)cc1. The summed E-state index contributed by atoms with van der Waals surface area (Å²) >= 11 is 0. The normalized spacial score (nSPS) is 10.2. The summed E-state index contributed by atoms with van der Waals surface area (Å²) in [5.41, 5.74) is 2.59. The van der Waals surface area contributed by atoms with Gasteiger partial charge in [0.1, 0.15) is 5.75 Å². The summed E-state index contributed by atoms with van der Waals surface area (Å²) in [6.45, 7) is 0.0918. The van der Waals surface area contributed by atoms with Gasteiger partial charge in [-0.25, -0.2) is 9.59 Å². The van der Waals surface area contributed by atoms with Crippen LogP contribution in [0, 0.1) is 0 Å². The predicted octanol–water partition coefficient (Wildman–Crippen LogP) is 4.24. The number of carboxylic acids is 1. The number of benzene rings is 3. The fraction of sp³-hybridized carbons (Fsp3) is 0.130. The van der Waals surface area contributed by atoms with E-state index in [2.05, 4.69) is 5.32 Å². The van der Waals surface area contributed by atoms with Crippen LogP contribution in [-0.2, 0) is 11.2 Å². The minimum atomic E-state index is -1.02. The van der Waals surface area contributed by atoms with Gasteiger partial charge in [0, 0.05) is 6.54 Å². The smallest absolute Gasteiger partial charge is 0.341 e. The number of nitrogens with zero attached hydrogens (tertiary/aromatic N) is 1. The molecule has 3 rings (SSSR count). The van der Waals surface area contributed by atoms with Gasteiger partial charge in [0.25, 0.3) is 0 Å². The summed E-state index contributed by atoms with van der Waals surface area (Å²) in [4.78, 5) is 25.1. The summed E-state index contributed by atoms with van der Waals surface area (Å²) in [6, 6.07) is 25.9. The number of anilines is 2. The maximum absolute atomic E-state index is 12.9. The average Bonchev–Trinajstić information content (AvgIpc) is 2.75. The molecule has 0 aromatic heterocycles. The molecule has 0 heterocycles. The zero-order valence-electron chi connectivity index (χ0n) is 15.8. The van der Waals surface area contributed by atoms with E-state index in [1.54, 1.807) is 17.0 Å². The van der Waals surface area contributed by atoms with Crippen LogP contribution in [0.15, 0.2) is 84.9 Å². The third-order valence-electron chi connectivity index (χ3n) is 4.21. The van der Waals surface area contributed by atoms with Crippen molar-refractivity contribution in [2.24, 2.45) is 0 Å². The van der Waals surface area contributed by atoms with Crippen molar-refractivity contribution in [1.29, 1.82) is 0 Å². The molecule has 0 bridgehead atoms. The van der Waals surface area contributed by atoms with Crippen molar-refractivity contribution in [3.05, 3.63) is 90.5 Å². The Hall–Kier alpha value is -3.80. The molecular weight excluding hydrogens is 368 g/mol. The van der Waals surface area contributed by atoms with Crippen molar-refractivity contribution in [2.75, 3.05) is 18.1 Å². The molecule has 2 N–H and O–H groups in total. The molecule has 6 nitrogen and oxygen atoms in total. The van der Waals surface area contributed by atoms with Crippen LogP contribution in [0.5, 0.6) is 5.75 Å². The second-order valence-corrected chi connectivity index (χ2v) is 6.31. The second-order valence-electron chi connectivity index (χ2n) is 6.31. The van der Waals surface area contributed by atoms with Gasteiger partial charge in [-0.05, 0) is 48.4 Å². The molecule has 0 saturated heterocycles. The van der Waals surface area contributed by atoms with Gasteiger partial charge in [-0.3, -0.25) is 4.90 Å². The number of carbonyl (C=O) groups excluding carboxylic acids is 1. The molecule has 0 spiro atoms. The third kappa shape index (κ3) is 5.84. The first-order valence-corrected chi connectivity index (χ1v) is 9.25. The van der Waals surface area contributed by atoms with Crippen molar-refractivity contribution in [3.63, 3.8) is 0 Å². The Morgan fingerprint density at radius 3 is 1.90 bits per heavy atom. The highest BCUT2D eigenvalue weighted by Gasteiger charge is 2.17. The number of hydrogen-bond donors (Lipinski definition) is 2. The minimum Gasteiger partial charge on any atom is -0.482 e. The highest BCUT2D eigenvalue weighted by molar-refractivity contribution is 5.99. The predicted molar refractivity (Wildman–Crippen MR) is 112 cm³/mol. The number of ether oxygens (including phenoxy) is 1.